The Morgan fingerprint density at radius 3 is 3.17 bits per heavy atom. The fourth-order valence-electron chi connectivity index (χ4n) is 1.39. The number of aliphatic hydroxyl groups excluding tert-OH is 1. The van der Waals surface area contributed by atoms with Crippen molar-refractivity contribution in [3.63, 3.8) is 0 Å². The van der Waals surface area contributed by atoms with Gasteiger partial charge in [0.2, 0.25) is 0 Å². The van der Waals surface area contributed by atoms with Crippen molar-refractivity contribution in [3.8, 4) is 5.75 Å². The van der Waals surface area contributed by atoms with E-state index in [-0.39, 0.29) is 12.7 Å². The third-order valence-electron chi connectivity index (χ3n) is 1.97. The summed E-state index contributed by atoms with van der Waals surface area (Å²) in [6.07, 6.45) is 0.764. The fraction of sp³-hybridized carbons (Fsp3) is 0.333. The molecule has 64 valence electrons. The molecule has 0 fully saturated rings. The maximum absolute atomic E-state index is 8.87. The Kier molecular flexibility index (Phi) is 2.07. The monoisotopic (exact) mass is 228 g/mol. The van der Waals surface area contributed by atoms with Crippen LogP contribution in [-0.2, 0) is 6.42 Å². The number of hydrogen-bond donors (Lipinski definition) is 1. The van der Waals surface area contributed by atoms with Gasteiger partial charge in [0.1, 0.15) is 11.9 Å². The van der Waals surface area contributed by atoms with Crippen molar-refractivity contribution in [3.05, 3.63) is 28.2 Å². The lowest BCUT2D eigenvalue weighted by atomic mass is 10.1. The molecule has 0 saturated heterocycles. The van der Waals surface area contributed by atoms with Gasteiger partial charge in [0.05, 0.1) is 6.61 Å². The average molecular weight is 229 g/mol. The van der Waals surface area contributed by atoms with Crippen molar-refractivity contribution in [2.24, 2.45) is 0 Å². The van der Waals surface area contributed by atoms with Crippen molar-refractivity contribution in [2.45, 2.75) is 12.5 Å². The van der Waals surface area contributed by atoms with Gasteiger partial charge in [-0.2, -0.15) is 0 Å². The summed E-state index contributed by atoms with van der Waals surface area (Å²) in [7, 11) is 0. The van der Waals surface area contributed by atoms with Crippen molar-refractivity contribution >= 4 is 15.9 Å². The zero-order valence-electron chi connectivity index (χ0n) is 6.46. The molecule has 0 spiro atoms. The van der Waals surface area contributed by atoms with Gasteiger partial charge in [0, 0.05) is 10.9 Å². The SMILES string of the molecule is OC[C@@H]1Cc2cc(Br)ccc2O1. The van der Waals surface area contributed by atoms with Crippen LogP contribution in [0.4, 0.5) is 0 Å². The lowest BCUT2D eigenvalue weighted by Gasteiger charge is -2.04. The lowest BCUT2D eigenvalue weighted by molar-refractivity contribution is 0.134. The van der Waals surface area contributed by atoms with Gasteiger partial charge in [-0.1, -0.05) is 15.9 Å². The van der Waals surface area contributed by atoms with E-state index in [0.717, 1.165) is 16.6 Å². The predicted octanol–water partition coefficient (Wildman–Crippen LogP) is 1.74. The molecule has 1 aromatic rings. The van der Waals surface area contributed by atoms with Crippen LogP contribution >= 0.6 is 15.9 Å². The van der Waals surface area contributed by atoms with E-state index in [0.29, 0.717) is 0 Å². The predicted molar refractivity (Wildman–Crippen MR) is 49.3 cm³/mol. The minimum atomic E-state index is -0.0469. The summed E-state index contributed by atoms with van der Waals surface area (Å²) in [4.78, 5) is 0. The van der Waals surface area contributed by atoms with Crippen LogP contribution in [0.3, 0.4) is 0 Å². The number of benzene rings is 1. The number of aliphatic hydroxyl groups is 1. The molecule has 1 aliphatic rings. The highest BCUT2D eigenvalue weighted by Gasteiger charge is 2.21. The third-order valence-corrected chi connectivity index (χ3v) is 2.46. The van der Waals surface area contributed by atoms with Gasteiger partial charge in [-0.15, -0.1) is 0 Å². The number of rotatable bonds is 1. The maximum Gasteiger partial charge on any atom is 0.126 e. The Bertz CT molecular complexity index is 299. The molecule has 1 aromatic carbocycles. The summed E-state index contributed by atoms with van der Waals surface area (Å²) in [6.45, 7) is 0.0896. The summed E-state index contributed by atoms with van der Waals surface area (Å²) < 4.78 is 6.50. The van der Waals surface area contributed by atoms with E-state index >= 15 is 0 Å². The van der Waals surface area contributed by atoms with Gasteiger partial charge < -0.3 is 9.84 Å². The molecule has 0 saturated carbocycles. The first-order valence-electron chi connectivity index (χ1n) is 3.85. The normalized spacial score (nSPS) is 20.3. The van der Waals surface area contributed by atoms with E-state index in [1.165, 1.54) is 5.56 Å². The van der Waals surface area contributed by atoms with Crippen LogP contribution in [0, 0.1) is 0 Å². The minimum Gasteiger partial charge on any atom is -0.487 e. The van der Waals surface area contributed by atoms with Crippen LogP contribution in [0.2, 0.25) is 0 Å². The summed E-state index contributed by atoms with van der Waals surface area (Å²) in [5.74, 6) is 0.900. The second-order valence-corrected chi connectivity index (χ2v) is 3.79. The zero-order valence-corrected chi connectivity index (χ0v) is 8.04. The first-order chi connectivity index (χ1) is 5.79. The highest BCUT2D eigenvalue weighted by atomic mass is 79.9. The van der Waals surface area contributed by atoms with Gasteiger partial charge in [0.15, 0.2) is 0 Å². The zero-order chi connectivity index (χ0) is 8.55. The summed E-state index contributed by atoms with van der Waals surface area (Å²) >= 11 is 3.39. The standard InChI is InChI=1S/C9H9BrO2/c10-7-1-2-9-6(3-7)4-8(5-11)12-9/h1-3,8,11H,4-5H2/t8-/m0/s1. The number of halogens is 1. The maximum atomic E-state index is 8.87. The van der Waals surface area contributed by atoms with E-state index < -0.39 is 0 Å². The quantitative estimate of drug-likeness (QED) is 0.794. The van der Waals surface area contributed by atoms with Gasteiger partial charge in [-0.25, -0.2) is 0 Å². The van der Waals surface area contributed by atoms with Crippen molar-refractivity contribution in [1.82, 2.24) is 0 Å². The van der Waals surface area contributed by atoms with Crippen molar-refractivity contribution in [1.29, 1.82) is 0 Å². The van der Waals surface area contributed by atoms with E-state index in [2.05, 4.69) is 15.9 Å². The smallest absolute Gasteiger partial charge is 0.126 e. The molecule has 1 atom stereocenters. The third kappa shape index (κ3) is 1.34. The van der Waals surface area contributed by atoms with Crippen LogP contribution in [0.5, 0.6) is 5.75 Å². The van der Waals surface area contributed by atoms with E-state index in [1.54, 1.807) is 0 Å². The molecule has 0 radical (unpaired) electrons. The second kappa shape index (κ2) is 3.07. The summed E-state index contributed by atoms with van der Waals surface area (Å²) in [5.41, 5.74) is 1.17. The molecular formula is C9H9BrO2. The molecule has 1 N–H and O–H groups in total. The molecular weight excluding hydrogens is 220 g/mol. The molecule has 0 aromatic heterocycles. The Morgan fingerprint density at radius 1 is 1.58 bits per heavy atom. The average Bonchev–Trinajstić information content (AvgIpc) is 2.46. The molecule has 2 rings (SSSR count). The van der Waals surface area contributed by atoms with Gasteiger partial charge in [-0.05, 0) is 23.8 Å². The molecule has 2 nitrogen and oxygen atoms in total. The lowest BCUT2D eigenvalue weighted by Crippen LogP contribution is -2.17. The molecule has 0 unspecified atom stereocenters. The number of fused-ring (bicyclic) bond motifs is 1. The Labute approximate surface area is 79.3 Å². The summed E-state index contributed by atoms with van der Waals surface area (Å²) in [5, 5.41) is 8.87. The van der Waals surface area contributed by atoms with Gasteiger partial charge in [-0.3, -0.25) is 0 Å². The second-order valence-electron chi connectivity index (χ2n) is 2.88. The molecule has 12 heavy (non-hydrogen) atoms. The minimum absolute atomic E-state index is 0.0469. The van der Waals surface area contributed by atoms with Crippen LogP contribution in [0.25, 0.3) is 0 Å². The largest absolute Gasteiger partial charge is 0.487 e. The first kappa shape index (κ1) is 8.08. The molecule has 0 bridgehead atoms. The number of ether oxygens (including phenoxy) is 1. The molecule has 1 heterocycles. The van der Waals surface area contributed by atoms with Gasteiger partial charge >= 0.3 is 0 Å². The molecule has 1 aliphatic heterocycles. The van der Waals surface area contributed by atoms with E-state index in [4.69, 9.17) is 9.84 Å². The first-order valence-corrected chi connectivity index (χ1v) is 4.65. The Balaban J connectivity index is 2.30. The van der Waals surface area contributed by atoms with E-state index in [9.17, 15) is 0 Å². The molecule has 0 aliphatic carbocycles. The van der Waals surface area contributed by atoms with Crippen molar-refractivity contribution in [2.75, 3.05) is 6.61 Å². The van der Waals surface area contributed by atoms with Crippen LogP contribution in [0.15, 0.2) is 22.7 Å². The highest BCUT2D eigenvalue weighted by Crippen LogP contribution is 2.30. The van der Waals surface area contributed by atoms with Crippen LogP contribution < -0.4 is 4.74 Å². The van der Waals surface area contributed by atoms with Gasteiger partial charge in [0.25, 0.3) is 0 Å². The Hall–Kier alpha value is -0.540. The molecule has 0 amide bonds. The highest BCUT2D eigenvalue weighted by molar-refractivity contribution is 9.10. The fourth-order valence-corrected chi connectivity index (χ4v) is 1.80. The Morgan fingerprint density at radius 2 is 2.42 bits per heavy atom. The topological polar surface area (TPSA) is 29.5 Å². The van der Waals surface area contributed by atoms with Crippen LogP contribution in [0.1, 0.15) is 5.56 Å². The van der Waals surface area contributed by atoms with Crippen LogP contribution in [-0.4, -0.2) is 17.8 Å². The number of hydrogen-bond acceptors (Lipinski definition) is 2. The van der Waals surface area contributed by atoms with Crippen molar-refractivity contribution < 1.29 is 9.84 Å². The molecule has 3 heteroatoms. The summed E-state index contributed by atoms with van der Waals surface area (Å²) in [6, 6.07) is 5.90. The van der Waals surface area contributed by atoms with E-state index in [1.807, 2.05) is 18.2 Å².